The standard InChI is InChI=1S/C24H26F3N3/c1-15(2)24-29-11-5-13-30(24)23-17(19-14-16(25)8-9-21(19)27)10-12-28-22(23)18-6-3-4-7-20(18)26/h5,8-15,18,20,24H,3-4,6-7H2,1-2H3. The van der Waals surface area contributed by atoms with Crippen molar-refractivity contribution in [3.8, 4) is 11.1 Å². The Morgan fingerprint density at radius 2 is 1.87 bits per heavy atom. The molecule has 0 spiro atoms. The lowest BCUT2D eigenvalue weighted by atomic mass is 9.83. The fourth-order valence-corrected chi connectivity index (χ4v) is 4.46. The second-order valence-electron chi connectivity index (χ2n) is 8.33. The van der Waals surface area contributed by atoms with Gasteiger partial charge in [0.1, 0.15) is 24.0 Å². The third-order valence-corrected chi connectivity index (χ3v) is 5.92. The number of pyridine rings is 1. The van der Waals surface area contributed by atoms with Crippen LogP contribution < -0.4 is 4.90 Å². The molecular formula is C24H26F3N3. The minimum atomic E-state index is -1.01. The van der Waals surface area contributed by atoms with Gasteiger partial charge in [-0.2, -0.15) is 0 Å². The van der Waals surface area contributed by atoms with Gasteiger partial charge in [0.2, 0.25) is 0 Å². The van der Waals surface area contributed by atoms with Crippen LogP contribution in [0.3, 0.4) is 0 Å². The number of allylic oxidation sites excluding steroid dienone is 1. The summed E-state index contributed by atoms with van der Waals surface area (Å²) >= 11 is 0. The molecule has 3 unspecified atom stereocenters. The molecule has 1 aliphatic heterocycles. The van der Waals surface area contributed by atoms with Crippen LogP contribution in [-0.4, -0.2) is 23.5 Å². The molecule has 1 aliphatic carbocycles. The molecule has 1 aromatic heterocycles. The van der Waals surface area contributed by atoms with E-state index in [-0.39, 0.29) is 23.6 Å². The fraction of sp³-hybridized carbons (Fsp3) is 0.417. The Balaban J connectivity index is 1.95. The molecule has 1 aromatic carbocycles. The lowest BCUT2D eigenvalue weighted by Gasteiger charge is -2.37. The average molecular weight is 413 g/mol. The van der Waals surface area contributed by atoms with Gasteiger partial charge in [-0.3, -0.25) is 9.98 Å². The van der Waals surface area contributed by atoms with Gasteiger partial charge < -0.3 is 4.90 Å². The van der Waals surface area contributed by atoms with Gasteiger partial charge in [-0.1, -0.05) is 26.7 Å². The van der Waals surface area contributed by atoms with Crippen molar-refractivity contribution in [3.63, 3.8) is 0 Å². The molecule has 2 aromatic rings. The number of benzene rings is 1. The molecule has 2 aliphatic rings. The first-order chi connectivity index (χ1) is 14.5. The van der Waals surface area contributed by atoms with Crippen molar-refractivity contribution < 1.29 is 13.2 Å². The van der Waals surface area contributed by atoms with Crippen LogP contribution in [-0.2, 0) is 0 Å². The van der Waals surface area contributed by atoms with Crippen LogP contribution in [0.15, 0.2) is 47.7 Å². The molecule has 6 heteroatoms. The summed E-state index contributed by atoms with van der Waals surface area (Å²) in [6, 6.07) is 5.09. The lowest BCUT2D eigenvalue weighted by molar-refractivity contribution is 0.213. The number of nitrogens with zero attached hydrogens (tertiary/aromatic N) is 3. The zero-order valence-corrected chi connectivity index (χ0v) is 17.2. The second-order valence-corrected chi connectivity index (χ2v) is 8.33. The van der Waals surface area contributed by atoms with Gasteiger partial charge >= 0.3 is 0 Å². The number of halogens is 3. The van der Waals surface area contributed by atoms with E-state index in [1.165, 1.54) is 6.07 Å². The van der Waals surface area contributed by atoms with Crippen LogP contribution in [0, 0.1) is 17.6 Å². The Hall–Kier alpha value is -2.63. The number of anilines is 1. The van der Waals surface area contributed by atoms with E-state index in [4.69, 9.17) is 0 Å². The highest BCUT2D eigenvalue weighted by Gasteiger charge is 2.34. The highest BCUT2D eigenvalue weighted by atomic mass is 19.1. The van der Waals surface area contributed by atoms with E-state index >= 15 is 0 Å². The normalized spacial score (nSPS) is 23.9. The summed E-state index contributed by atoms with van der Waals surface area (Å²) < 4.78 is 43.8. The van der Waals surface area contributed by atoms with Gasteiger partial charge in [0, 0.05) is 35.7 Å². The fourth-order valence-electron chi connectivity index (χ4n) is 4.46. The Bertz CT molecular complexity index is 970. The van der Waals surface area contributed by atoms with E-state index in [2.05, 4.69) is 9.98 Å². The Morgan fingerprint density at radius 1 is 1.07 bits per heavy atom. The summed E-state index contributed by atoms with van der Waals surface area (Å²) in [4.78, 5) is 11.1. The predicted molar refractivity (Wildman–Crippen MR) is 114 cm³/mol. The molecule has 0 N–H and O–H groups in total. The van der Waals surface area contributed by atoms with Gasteiger partial charge in [-0.15, -0.1) is 0 Å². The van der Waals surface area contributed by atoms with Gasteiger partial charge in [0.15, 0.2) is 0 Å². The zero-order chi connectivity index (χ0) is 21.3. The quantitative estimate of drug-likeness (QED) is 0.579. The number of aliphatic imine (C=N–C) groups is 1. The second kappa shape index (κ2) is 8.62. The summed E-state index contributed by atoms with van der Waals surface area (Å²) in [6.45, 7) is 4.09. The molecule has 158 valence electrons. The minimum absolute atomic E-state index is 0.144. The number of rotatable bonds is 4. The number of aromatic nitrogens is 1. The maximum atomic E-state index is 15.0. The molecule has 3 atom stereocenters. The van der Waals surface area contributed by atoms with Crippen molar-refractivity contribution in [3.05, 3.63) is 60.1 Å². The van der Waals surface area contributed by atoms with Crippen LogP contribution in [0.25, 0.3) is 11.1 Å². The van der Waals surface area contributed by atoms with Gasteiger partial charge in [0.25, 0.3) is 0 Å². The Labute approximate surface area is 175 Å². The van der Waals surface area contributed by atoms with Crippen molar-refractivity contribution in [2.75, 3.05) is 4.90 Å². The van der Waals surface area contributed by atoms with E-state index in [1.54, 1.807) is 24.6 Å². The third kappa shape index (κ3) is 3.87. The largest absolute Gasteiger partial charge is 0.323 e. The highest BCUT2D eigenvalue weighted by Crippen LogP contribution is 2.44. The molecule has 0 amide bonds. The molecule has 0 bridgehead atoms. The Kier molecular flexibility index (Phi) is 5.93. The van der Waals surface area contributed by atoms with Crippen LogP contribution in [0.5, 0.6) is 0 Å². The van der Waals surface area contributed by atoms with E-state index in [0.717, 1.165) is 25.0 Å². The molecule has 3 nitrogen and oxygen atoms in total. The molecule has 2 heterocycles. The molecule has 4 rings (SSSR count). The molecule has 0 saturated heterocycles. The lowest BCUT2D eigenvalue weighted by Crippen LogP contribution is -2.37. The van der Waals surface area contributed by atoms with Crippen LogP contribution >= 0.6 is 0 Å². The predicted octanol–water partition coefficient (Wildman–Crippen LogP) is 6.41. The zero-order valence-electron chi connectivity index (χ0n) is 17.2. The number of hydrogen-bond donors (Lipinski definition) is 0. The SMILES string of the molecule is CC(C)C1N=CC=CN1c1c(-c2cc(F)ccc2F)ccnc1C1CCCCC1F. The van der Waals surface area contributed by atoms with Gasteiger partial charge in [-0.05, 0) is 49.1 Å². The Morgan fingerprint density at radius 3 is 2.63 bits per heavy atom. The van der Waals surface area contributed by atoms with Crippen LogP contribution in [0.1, 0.15) is 51.1 Å². The van der Waals surface area contributed by atoms with Crippen molar-refractivity contribution >= 4 is 11.9 Å². The smallest absolute Gasteiger partial charge is 0.131 e. The topological polar surface area (TPSA) is 28.5 Å². The third-order valence-electron chi connectivity index (χ3n) is 5.92. The van der Waals surface area contributed by atoms with Gasteiger partial charge in [-0.25, -0.2) is 13.2 Å². The van der Waals surface area contributed by atoms with Crippen LogP contribution in [0.2, 0.25) is 0 Å². The highest BCUT2D eigenvalue weighted by molar-refractivity contribution is 5.84. The monoisotopic (exact) mass is 413 g/mol. The first-order valence-corrected chi connectivity index (χ1v) is 10.5. The van der Waals surface area contributed by atoms with Gasteiger partial charge in [0.05, 0.1) is 11.4 Å². The molecule has 1 fully saturated rings. The first kappa shape index (κ1) is 20.6. The molecule has 0 radical (unpaired) electrons. The summed E-state index contributed by atoms with van der Waals surface area (Å²) in [6.07, 6.45) is 8.68. The van der Waals surface area contributed by atoms with Crippen molar-refractivity contribution in [1.29, 1.82) is 0 Å². The van der Waals surface area contributed by atoms with E-state index in [9.17, 15) is 13.2 Å². The van der Waals surface area contributed by atoms with Crippen LogP contribution in [0.4, 0.5) is 18.9 Å². The summed E-state index contributed by atoms with van der Waals surface area (Å²) in [5.41, 5.74) is 1.85. The first-order valence-electron chi connectivity index (χ1n) is 10.5. The minimum Gasteiger partial charge on any atom is -0.323 e. The maximum absolute atomic E-state index is 15.0. The van der Waals surface area contributed by atoms with Crippen molar-refractivity contribution in [1.82, 2.24) is 4.98 Å². The summed E-state index contributed by atoms with van der Waals surface area (Å²) in [5.74, 6) is -1.28. The molecule has 1 saturated carbocycles. The van der Waals surface area contributed by atoms with Crippen molar-refractivity contribution in [2.24, 2.45) is 10.9 Å². The summed E-state index contributed by atoms with van der Waals surface area (Å²) in [7, 11) is 0. The average Bonchev–Trinajstić information content (AvgIpc) is 2.75. The molecule has 30 heavy (non-hydrogen) atoms. The number of hydrogen-bond acceptors (Lipinski definition) is 3. The van der Waals surface area contributed by atoms with Crippen molar-refractivity contribution in [2.45, 2.75) is 57.8 Å². The van der Waals surface area contributed by atoms with E-state index in [0.29, 0.717) is 29.8 Å². The van der Waals surface area contributed by atoms with E-state index in [1.807, 2.05) is 24.9 Å². The van der Waals surface area contributed by atoms with E-state index < -0.39 is 17.8 Å². The maximum Gasteiger partial charge on any atom is 0.131 e. The number of alkyl halides is 1. The summed E-state index contributed by atoms with van der Waals surface area (Å²) in [5, 5.41) is 0. The molecular weight excluding hydrogens is 387 g/mol.